The summed E-state index contributed by atoms with van der Waals surface area (Å²) in [6.07, 6.45) is 0.898. The molecule has 2 N–H and O–H groups in total. The fraction of sp³-hybridized carbons (Fsp3) is 0.286. The predicted octanol–water partition coefficient (Wildman–Crippen LogP) is 4.11. The van der Waals surface area contributed by atoms with E-state index in [9.17, 15) is 19.8 Å². The van der Waals surface area contributed by atoms with Gasteiger partial charge in [-0.25, -0.2) is 4.68 Å². The number of carboxylic acid groups (broad SMARTS) is 1. The minimum absolute atomic E-state index is 0.0657. The van der Waals surface area contributed by atoms with Gasteiger partial charge >= 0.3 is 5.97 Å². The number of aliphatic hydroxyl groups is 1. The maximum atomic E-state index is 12.6. The van der Waals surface area contributed by atoms with Crippen LogP contribution >= 0.6 is 0 Å². The van der Waals surface area contributed by atoms with E-state index >= 15 is 0 Å². The van der Waals surface area contributed by atoms with Crippen LogP contribution in [0.3, 0.4) is 0 Å². The lowest BCUT2D eigenvalue weighted by atomic mass is 9.93. The molecule has 1 aromatic heterocycles. The minimum Gasteiger partial charge on any atom is -0.481 e. The first kappa shape index (κ1) is 24.3. The summed E-state index contributed by atoms with van der Waals surface area (Å²) in [5, 5.41) is 28.7. The van der Waals surface area contributed by atoms with E-state index < -0.39 is 18.0 Å². The first-order valence-electron chi connectivity index (χ1n) is 11.9. The van der Waals surface area contributed by atoms with Crippen molar-refractivity contribution in [2.45, 2.75) is 45.3 Å². The van der Waals surface area contributed by atoms with Crippen LogP contribution in [0, 0.1) is 5.92 Å². The van der Waals surface area contributed by atoms with Gasteiger partial charge in [-0.05, 0) is 60.1 Å². The topological polar surface area (TPSA) is 105 Å². The second-order valence-corrected chi connectivity index (χ2v) is 8.72. The van der Waals surface area contributed by atoms with Crippen LogP contribution in [0.4, 0.5) is 0 Å². The van der Waals surface area contributed by atoms with Crippen molar-refractivity contribution >= 4 is 16.9 Å². The molecule has 35 heavy (non-hydrogen) atoms. The Bertz CT molecular complexity index is 1350. The van der Waals surface area contributed by atoms with Gasteiger partial charge in [0, 0.05) is 6.54 Å². The van der Waals surface area contributed by atoms with Crippen LogP contribution in [0.5, 0.6) is 0 Å². The number of rotatable bonds is 10. The van der Waals surface area contributed by atoms with Gasteiger partial charge < -0.3 is 10.2 Å². The van der Waals surface area contributed by atoms with Crippen LogP contribution < -0.4 is 5.56 Å². The second-order valence-electron chi connectivity index (χ2n) is 8.72. The Hall–Kier alpha value is -3.84. The fourth-order valence-electron chi connectivity index (χ4n) is 4.22. The molecule has 3 aromatic carbocycles. The van der Waals surface area contributed by atoms with Crippen LogP contribution in [0.25, 0.3) is 22.0 Å². The molecule has 2 atom stereocenters. The molecule has 0 unspecified atom stereocenters. The smallest absolute Gasteiger partial charge is 0.309 e. The number of carboxylic acids is 1. The molecular formula is C28H29N3O4. The zero-order valence-electron chi connectivity index (χ0n) is 19.7. The number of hydrogen-bond acceptors (Lipinski definition) is 5. The van der Waals surface area contributed by atoms with Crippen molar-refractivity contribution in [1.82, 2.24) is 15.0 Å². The van der Waals surface area contributed by atoms with Crippen molar-refractivity contribution < 1.29 is 15.0 Å². The molecule has 0 aliphatic carbocycles. The minimum atomic E-state index is -1.09. The molecule has 0 spiro atoms. The maximum Gasteiger partial charge on any atom is 0.309 e. The van der Waals surface area contributed by atoms with E-state index in [1.807, 2.05) is 24.3 Å². The lowest BCUT2D eigenvalue weighted by Crippen LogP contribution is -2.32. The lowest BCUT2D eigenvalue weighted by Gasteiger charge is -2.19. The molecule has 0 saturated heterocycles. The fourth-order valence-corrected chi connectivity index (χ4v) is 4.22. The Labute approximate surface area is 203 Å². The van der Waals surface area contributed by atoms with Crippen molar-refractivity contribution in [2.24, 2.45) is 5.92 Å². The summed E-state index contributed by atoms with van der Waals surface area (Å²) in [4.78, 5) is 24.4. The maximum absolute atomic E-state index is 12.6. The molecule has 0 bridgehead atoms. The summed E-state index contributed by atoms with van der Waals surface area (Å²) in [5.74, 6) is -2.10. The molecular weight excluding hydrogens is 442 g/mol. The lowest BCUT2D eigenvalue weighted by molar-refractivity contribution is -0.146. The highest BCUT2D eigenvalue weighted by Gasteiger charge is 2.26. The van der Waals surface area contributed by atoms with Crippen molar-refractivity contribution in [3.05, 3.63) is 94.3 Å². The number of fused-ring (bicyclic) bond motifs is 1. The largest absolute Gasteiger partial charge is 0.481 e. The molecule has 4 aromatic rings. The zero-order chi connectivity index (χ0) is 24.8. The van der Waals surface area contributed by atoms with E-state index in [0.717, 1.165) is 27.8 Å². The summed E-state index contributed by atoms with van der Waals surface area (Å²) in [6.45, 7) is 2.20. The van der Waals surface area contributed by atoms with Gasteiger partial charge in [-0.3, -0.25) is 9.59 Å². The monoisotopic (exact) mass is 471 g/mol. The molecule has 0 aliphatic rings. The van der Waals surface area contributed by atoms with Gasteiger partial charge in [0.15, 0.2) is 0 Å². The highest BCUT2D eigenvalue weighted by molar-refractivity contribution is 5.76. The van der Waals surface area contributed by atoms with Crippen molar-refractivity contribution in [3.8, 4) is 11.1 Å². The Morgan fingerprint density at radius 2 is 1.54 bits per heavy atom. The number of aromatic nitrogens is 3. The third-order valence-corrected chi connectivity index (χ3v) is 6.44. The van der Waals surface area contributed by atoms with Gasteiger partial charge in [0.25, 0.3) is 5.56 Å². The Balaban J connectivity index is 1.36. The highest BCUT2D eigenvalue weighted by Crippen LogP contribution is 2.22. The number of carbonyl (C=O) groups is 1. The van der Waals surface area contributed by atoms with Crippen LogP contribution in [0.2, 0.25) is 0 Å². The van der Waals surface area contributed by atoms with Crippen LogP contribution in [-0.2, 0) is 24.2 Å². The van der Waals surface area contributed by atoms with Gasteiger partial charge in [-0.1, -0.05) is 72.8 Å². The number of aliphatic carboxylic acids is 1. The molecule has 0 radical (unpaired) electrons. The first-order valence-corrected chi connectivity index (χ1v) is 11.9. The predicted molar refractivity (Wildman–Crippen MR) is 135 cm³/mol. The molecule has 180 valence electrons. The highest BCUT2D eigenvalue weighted by atomic mass is 16.4. The number of aryl methyl sites for hydroxylation is 3. The molecule has 4 rings (SSSR count). The molecule has 0 fully saturated rings. The van der Waals surface area contributed by atoms with E-state index in [1.54, 1.807) is 24.3 Å². The summed E-state index contributed by atoms with van der Waals surface area (Å²) < 4.78 is 1.16. The van der Waals surface area contributed by atoms with Crippen molar-refractivity contribution in [1.29, 1.82) is 0 Å². The second kappa shape index (κ2) is 11.1. The van der Waals surface area contributed by atoms with E-state index in [-0.39, 0.29) is 18.5 Å². The first-order chi connectivity index (χ1) is 17.0. The third kappa shape index (κ3) is 5.81. The summed E-state index contributed by atoms with van der Waals surface area (Å²) in [6, 6.07) is 23.5. The molecule has 0 amide bonds. The summed E-state index contributed by atoms with van der Waals surface area (Å²) >= 11 is 0. The van der Waals surface area contributed by atoms with Gasteiger partial charge in [-0.2, -0.15) is 0 Å². The molecule has 7 heteroatoms. The quantitative estimate of drug-likeness (QED) is 0.361. The molecule has 0 saturated carbocycles. The normalized spacial score (nSPS) is 13.0. The van der Waals surface area contributed by atoms with E-state index in [0.29, 0.717) is 23.7 Å². The average molecular weight is 472 g/mol. The van der Waals surface area contributed by atoms with Crippen LogP contribution in [0.15, 0.2) is 77.6 Å². The van der Waals surface area contributed by atoms with Gasteiger partial charge in [0.1, 0.15) is 5.52 Å². The summed E-state index contributed by atoms with van der Waals surface area (Å²) in [5.41, 5.74) is 4.75. The van der Waals surface area contributed by atoms with Gasteiger partial charge in [0.05, 0.1) is 17.4 Å². The number of hydrogen-bond donors (Lipinski definition) is 2. The van der Waals surface area contributed by atoms with E-state index in [2.05, 4.69) is 41.5 Å². The average Bonchev–Trinajstić information content (AvgIpc) is 2.89. The Kier molecular flexibility index (Phi) is 7.67. The SMILES string of the molecule is CCc1ccc(-c2ccc(CC[C@@H](O)[C@H](CCn3nnc4ccccc4c3=O)C(=O)O)cc2)cc1. The number of benzene rings is 3. The van der Waals surface area contributed by atoms with Crippen molar-refractivity contribution in [3.63, 3.8) is 0 Å². The van der Waals surface area contributed by atoms with Gasteiger partial charge in [0.2, 0.25) is 0 Å². The van der Waals surface area contributed by atoms with E-state index in [1.165, 1.54) is 5.56 Å². The van der Waals surface area contributed by atoms with Gasteiger partial charge in [-0.15, -0.1) is 5.10 Å². The van der Waals surface area contributed by atoms with E-state index in [4.69, 9.17) is 0 Å². The molecule has 0 aliphatic heterocycles. The standard InChI is InChI=1S/C28H29N3O4/c1-2-19-7-12-21(13-8-19)22-14-9-20(10-15-22)11-16-26(32)24(28(34)35)17-18-31-27(33)23-5-3-4-6-25(23)29-30-31/h3-10,12-15,24,26,32H,2,11,16-18H2,1H3,(H,34,35)/t24-,26+/m0/s1. The third-order valence-electron chi connectivity index (χ3n) is 6.44. The Morgan fingerprint density at radius 3 is 2.17 bits per heavy atom. The number of aliphatic hydroxyl groups excluding tert-OH is 1. The summed E-state index contributed by atoms with van der Waals surface area (Å²) in [7, 11) is 0. The number of nitrogens with zero attached hydrogens (tertiary/aromatic N) is 3. The molecule has 1 heterocycles. The van der Waals surface area contributed by atoms with Crippen LogP contribution in [0.1, 0.15) is 30.9 Å². The molecule has 7 nitrogen and oxygen atoms in total. The zero-order valence-corrected chi connectivity index (χ0v) is 19.7. The van der Waals surface area contributed by atoms with Crippen molar-refractivity contribution in [2.75, 3.05) is 0 Å². The Morgan fingerprint density at radius 1 is 0.914 bits per heavy atom. The van der Waals surface area contributed by atoms with Crippen LogP contribution in [-0.4, -0.2) is 37.3 Å².